The van der Waals surface area contributed by atoms with Gasteiger partial charge >= 0.3 is 6.18 Å². The average molecular weight is 286 g/mol. The van der Waals surface area contributed by atoms with Crippen molar-refractivity contribution in [1.82, 2.24) is 14.8 Å². The molecule has 0 radical (unpaired) electrons. The van der Waals surface area contributed by atoms with Crippen molar-refractivity contribution in [3.05, 3.63) is 30.6 Å². The van der Waals surface area contributed by atoms with Gasteiger partial charge in [0.15, 0.2) is 5.82 Å². The fraction of sp³-hybridized carbons (Fsp3) is 0.333. The topological polar surface area (TPSA) is 66.0 Å². The molecule has 20 heavy (non-hydrogen) atoms. The van der Waals surface area contributed by atoms with E-state index >= 15 is 0 Å². The van der Waals surface area contributed by atoms with E-state index < -0.39 is 12.8 Å². The summed E-state index contributed by atoms with van der Waals surface area (Å²) in [6, 6.07) is 7.00. The lowest BCUT2D eigenvalue weighted by Crippen LogP contribution is -2.19. The normalized spacial score (nSPS) is 11.8. The van der Waals surface area contributed by atoms with Crippen molar-refractivity contribution in [2.75, 3.05) is 18.9 Å². The predicted octanol–water partition coefficient (Wildman–Crippen LogP) is 2.11. The minimum absolute atomic E-state index is 0.0793. The van der Waals surface area contributed by atoms with Gasteiger partial charge in [-0.2, -0.15) is 18.3 Å². The zero-order valence-electron chi connectivity index (χ0n) is 10.5. The lowest BCUT2D eigenvalue weighted by Gasteiger charge is -2.06. The van der Waals surface area contributed by atoms with Crippen LogP contribution in [0, 0.1) is 0 Å². The second kappa shape index (κ2) is 5.91. The molecular weight excluding hydrogens is 273 g/mol. The lowest BCUT2D eigenvalue weighted by molar-refractivity contribution is -0.174. The fourth-order valence-corrected chi connectivity index (χ4v) is 1.51. The molecule has 0 aliphatic heterocycles. The van der Waals surface area contributed by atoms with Crippen LogP contribution in [0.4, 0.5) is 18.9 Å². The van der Waals surface area contributed by atoms with Gasteiger partial charge in [-0.05, 0) is 24.3 Å². The summed E-state index contributed by atoms with van der Waals surface area (Å²) in [5.74, 6) is 0.487. The molecule has 1 aromatic carbocycles. The van der Waals surface area contributed by atoms with Gasteiger partial charge < -0.3 is 10.5 Å². The van der Waals surface area contributed by atoms with Crippen LogP contribution in [-0.2, 0) is 11.3 Å². The first-order valence-electron chi connectivity index (χ1n) is 5.84. The molecule has 0 saturated carbocycles. The molecule has 2 N–H and O–H groups in total. The van der Waals surface area contributed by atoms with E-state index in [-0.39, 0.29) is 13.2 Å². The van der Waals surface area contributed by atoms with Gasteiger partial charge in [-0.25, -0.2) is 4.98 Å². The van der Waals surface area contributed by atoms with Gasteiger partial charge in [0.25, 0.3) is 0 Å². The Labute approximate surface area is 113 Å². The number of benzene rings is 1. The maximum absolute atomic E-state index is 11.9. The first-order chi connectivity index (χ1) is 9.44. The maximum atomic E-state index is 11.9. The van der Waals surface area contributed by atoms with Gasteiger partial charge in [0, 0.05) is 11.3 Å². The van der Waals surface area contributed by atoms with E-state index in [1.165, 1.54) is 11.0 Å². The third-order valence-corrected chi connectivity index (χ3v) is 2.44. The first-order valence-corrected chi connectivity index (χ1v) is 5.84. The predicted molar refractivity (Wildman–Crippen MR) is 66.7 cm³/mol. The van der Waals surface area contributed by atoms with Gasteiger partial charge in [-0.3, -0.25) is 4.68 Å². The van der Waals surface area contributed by atoms with Crippen LogP contribution in [0.15, 0.2) is 30.6 Å². The van der Waals surface area contributed by atoms with Crippen LogP contribution in [0.1, 0.15) is 0 Å². The molecule has 2 aromatic rings. The third kappa shape index (κ3) is 4.23. The molecule has 0 aliphatic carbocycles. The molecule has 0 bridgehead atoms. The summed E-state index contributed by atoms with van der Waals surface area (Å²) in [4.78, 5) is 4.08. The molecule has 1 aromatic heterocycles. The minimum atomic E-state index is -4.31. The summed E-state index contributed by atoms with van der Waals surface area (Å²) in [5.41, 5.74) is 6.99. The van der Waals surface area contributed by atoms with Crippen LogP contribution < -0.4 is 5.73 Å². The lowest BCUT2D eigenvalue weighted by atomic mass is 10.2. The Morgan fingerprint density at radius 3 is 2.55 bits per heavy atom. The molecular formula is C12H13F3N4O. The van der Waals surface area contributed by atoms with Crippen molar-refractivity contribution in [3.8, 4) is 11.4 Å². The number of hydrogen-bond donors (Lipinski definition) is 1. The number of rotatable bonds is 5. The summed E-state index contributed by atoms with van der Waals surface area (Å²) in [6.45, 7) is -1.13. The van der Waals surface area contributed by atoms with E-state index in [1.54, 1.807) is 24.3 Å². The van der Waals surface area contributed by atoms with Crippen molar-refractivity contribution in [1.29, 1.82) is 0 Å². The molecule has 5 nitrogen and oxygen atoms in total. The van der Waals surface area contributed by atoms with Crippen LogP contribution in [0.5, 0.6) is 0 Å². The fourth-order valence-electron chi connectivity index (χ4n) is 1.51. The molecule has 0 fully saturated rings. The van der Waals surface area contributed by atoms with E-state index in [1.807, 2.05) is 0 Å². The average Bonchev–Trinajstić information content (AvgIpc) is 2.83. The highest BCUT2D eigenvalue weighted by atomic mass is 19.4. The monoisotopic (exact) mass is 286 g/mol. The van der Waals surface area contributed by atoms with Crippen molar-refractivity contribution in [2.45, 2.75) is 12.7 Å². The molecule has 0 spiro atoms. The van der Waals surface area contributed by atoms with Crippen LogP contribution in [0.3, 0.4) is 0 Å². The van der Waals surface area contributed by atoms with Gasteiger partial charge in [0.1, 0.15) is 12.9 Å². The zero-order chi connectivity index (χ0) is 14.6. The van der Waals surface area contributed by atoms with E-state index in [0.29, 0.717) is 11.5 Å². The van der Waals surface area contributed by atoms with E-state index in [9.17, 15) is 13.2 Å². The van der Waals surface area contributed by atoms with Crippen molar-refractivity contribution >= 4 is 5.69 Å². The highest BCUT2D eigenvalue weighted by molar-refractivity contribution is 5.57. The smallest absolute Gasteiger partial charge is 0.399 e. The zero-order valence-corrected chi connectivity index (χ0v) is 10.5. The maximum Gasteiger partial charge on any atom is 0.411 e. The number of ether oxygens (including phenoxy) is 1. The van der Waals surface area contributed by atoms with Crippen molar-refractivity contribution in [2.24, 2.45) is 0 Å². The summed E-state index contributed by atoms with van der Waals surface area (Å²) >= 11 is 0. The van der Waals surface area contributed by atoms with Gasteiger partial charge in [-0.1, -0.05) is 0 Å². The van der Waals surface area contributed by atoms with Crippen molar-refractivity contribution < 1.29 is 17.9 Å². The minimum Gasteiger partial charge on any atom is -0.399 e. The standard InChI is InChI=1S/C12H13F3N4O/c13-12(14,15)7-20-6-5-19-8-17-11(18-19)9-1-3-10(16)4-2-9/h1-4,8H,5-7,16H2. The van der Waals surface area contributed by atoms with Crippen LogP contribution >= 0.6 is 0 Å². The van der Waals surface area contributed by atoms with Gasteiger partial charge in [0.05, 0.1) is 13.2 Å². The second-order valence-corrected chi connectivity index (χ2v) is 4.12. The van der Waals surface area contributed by atoms with Crippen molar-refractivity contribution in [3.63, 3.8) is 0 Å². The Balaban J connectivity index is 1.88. The Morgan fingerprint density at radius 2 is 1.90 bits per heavy atom. The first kappa shape index (κ1) is 14.3. The molecule has 8 heteroatoms. The van der Waals surface area contributed by atoms with Gasteiger partial charge in [0.2, 0.25) is 0 Å². The number of anilines is 1. The molecule has 0 aliphatic rings. The number of hydrogen-bond acceptors (Lipinski definition) is 4. The third-order valence-electron chi connectivity index (χ3n) is 2.44. The number of halogens is 3. The quantitative estimate of drug-likeness (QED) is 0.675. The number of aromatic nitrogens is 3. The Kier molecular flexibility index (Phi) is 4.23. The molecule has 0 atom stereocenters. The molecule has 0 amide bonds. The summed E-state index contributed by atoms with van der Waals surface area (Å²) in [6.07, 6.45) is -2.86. The van der Waals surface area contributed by atoms with E-state index in [2.05, 4.69) is 14.8 Å². The highest BCUT2D eigenvalue weighted by Gasteiger charge is 2.27. The van der Waals surface area contributed by atoms with Gasteiger partial charge in [-0.15, -0.1) is 0 Å². The Hall–Kier alpha value is -2.09. The molecule has 1 heterocycles. The molecule has 108 valence electrons. The largest absolute Gasteiger partial charge is 0.411 e. The molecule has 2 rings (SSSR count). The highest BCUT2D eigenvalue weighted by Crippen LogP contribution is 2.16. The van der Waals surface area contributed by atoms with Crippen LogP contribution in [0.2, 0.25) is 0 Å². The van der Waals surface area contributed by atoms with E-state index in [0.717, 1.165) is 5.56 Å². The summed E-state index contributed by atoms with van der Waals surface area (Å²) in [5, 5.41) is 4.15. The summed E-state index contributed by atoms with van der Waals surface area (Å²) < 4.78 is 41.5. The Bertz CT molecular complexity index is 551. The Morgan fingerprint density at radius 1 is 1.20 bits per heavy atom. The number of nitrogens with zero attached hydrogens (tertiary/aromatic N) is 3. The molecule has 0 unspecified atom stereocenters. The van der Waals surface area contributed by atoms with Crippen LogP contribution in [0.25, 0.3) is 11.4 Å². The van der Waals surface area contributed by atoms with E-state index in [4.69, 9.17) is 5.73 Å². The van der Waals surface area contributed by atoms with Crippen LogP contribution in [-0.4, -0.2) is 34.2 Å². The SMILES string of the molecule is Nc1ccc(-c2ncn(CCOCC(F)(F)F)n2)cc1. The number of alkyl halides is 3. The second-order valence-electron chi connectivity index (χ2n) is 4.12. The number of nitrogen functional groups attached to an aromatic ring is 1. The number of nitrogens with two attached hydrogens (primary N) is 1. The summed E-state index contributed by atoms with van der Waals surface area (Å²) in [7, 11) is 0. The molecule has 0 saturated heterocycles.